The second-order valence-corrected chi connectivity index (χ2v) is 5.96. The highest BCUT2D eigenvalue weighted by atomic mass is 16.5. The van der Waals surface area contributed by atoms with Crippen LogP contribution >= 0.6 is 0 Å². The maximum absolute atomic E-state index is 5.40. The topological polar surface area (TPSA) is 63.8 Å². The van der Waals surface area contributed by atoms with Crippen LogP contribution in [0.3, 0.4) is 0 Å². The van der Waals surface area contributed by atoms with Crippen molar-refractivity contribution in [2.45, 2.75) is 33.1 Å². The van der Waals surface area contributed by atoms with Crippen LogP contribution in [0.1, 0.15) is 31.4 Å². The van der Waals surface area contributed by atoms with Crippen molar-refractivity contribution in [2.75, 3.05) is 13.1 Å². The molecule has 1 aliphatic heterocycles. The van der Waals surface area contributed by atoms with Gasteiger partial charge in [-0.15, -0.1) is 0 Å². The number of hydrogen-bond acceptors (Lipinski definition) is 5. The lowest BCUT2D eigenvalue weighted by Gasteiger charge is -2.27. The van der Waals surface area contributed by atoms with Crippen molar-refractivity contribution in [3.8, 4) is 11.5 Å². The van der Waals surface area contributed by atoms with Crippen molar-refractivity contribution >= 4 is 0 Å². The van der Waals surface area contributed by atoms with Crippen LogP contribution < -0.4 is 5.32 Å². The number of nitrogens with zero attached hydrogens (tertiary/aromatic N) is 3. The normalized spacial score (nSPS) is 20.4. The summed E-state index contributed by atoms with van der Waals surface area (Å²) in [7, 11) is 0. The van der Waals surface area contributed by atoms with E-state index in [0.717, 1.165) is 30.9 Å². The van der Waals surface area contributed by atoms with Crippen molar-refractivity contribution in [2.24, 2.45) is 11.8 Å². The van der Waals surface area contributed by atoms with Gasteiger partial charge >= 0.3 is 0 Å². The summed E-state index contributed by atoms with van der Waals surface area (Å²) in [6.45, 7) is 6.48. The van der Waals surface area contributed by atoms with Crippen molar-refractivity contribution in [3.63, 3.8) is 0 Å². The van der Waals surface area contributed by atoms with Gasteiger partial charge in [-0.1, -0.05) is 18.1 Å². The number of hydrogen-bond donors (Lipinski definition) is 1. The summed E-state index contributed by atoms with van der Waals surface area (Å²) in [5.74, 6) is 2.55. The Morgan fingerprint density at radius 2 is 2.29 bits per heavy atom. The first kappa shape index (κ1) is 14.2. The molecule has 5 nitrogen and oxygen atoms in total. The second-order valence-electron chi connectivity index (χ2n) is 5.96. The molecule has 1 fully saturated rings. The number of piperidine rings is 1. The van der Waals surface area contributed by atoms with Gasteiger partial charge in [-0.25, -0.2) is 4.98 Å². The molecule has 112 valence electrons. The molecule has 0 radical (unpaired) electrons. The van der Waals surface area contributed by atoms with Crippen LogP contribution in [0.5, 0.6) is 0 Å². The smallest absolute Gasteiger partial charge is 0.227 e. The summed E-state index contributed by atoms with van der Waals surface area (Å²) in [5, 5.41) is 7.52. The molecule has 0 spiro atoms. The number of aryl methyl sites for hydroxylation is 1. The van der Waals surface area contributed by atoms with Gasteiger partial charge in [0.25, 0.3) is 0 Å². The third kappa shape index (κ3) is 3.47. The van der Waals surface area contributed by atoms with E-state index in [0.29, 0.717) is 23.6 Å². The molecule has 0 aliphatic carbocycles. The van der Waals surface area contributed by atoms with Crippen LogP contribution in [-0.2, 0) is 6.42 Å². The first-order valence-corrected chi connectivity index (χ1v) is 7.69. The van der Waals surface area contributed by atoms with E-state index in [4.69, 9.17) is 4.52 Å². The van der Waals surface area contributed by atoms with Crippen LogP contribution in [0.15, 0.2) is 22.7 Å². The first-order chi connectivity index (χ1) is 10.2. The second kappa shape index (κ2) is 6.35. The van der Waals surface area contributed by atoms with Crippen LogP contribution in [0.25, 0.3) is 11.5 Å². The molecule has 1 aliphatic rings. The molecular formula is C16H22N4O. The molecular weight excluding hydrogens is 264 g/mol. The van der Waals surface area contributed by atoms with E-state index in [1.807, 2.05) is 25.1 Å². The standard InChI is InChI=1S/C16H22N4O/c1-11(13-6-4-8-17-10-13)9-15-19-16(20-21-15)14-7-3-5-12(2)18-14/h3,5,7,11,13,17H,4,6,8-10H2,1-2H3. The monoisotopic (exact) mass is 286 g/mol. The Bertz CT molecular complexity index is 589. The molecule has 0 bridgehead atoms. The quantitative estimate of drug-likeness (QED) is 0.936. The highest BCUT2D eigenvalue weighted by Gasteiger charge is 2.22. The van der Waals surface area contributed by atoms with Gasteiger partial charge in [-0.2, -0.15) is 4.98 Å². The highest BCUT2D eigenvalue weighted by Crippen LogP contribution is 2.23. The van der Waals surface area contributed by atoms with Crippen LogP contribution in [-0.4, -0.2) is 28.2 Å². The lowest BCUT2D eigenvalue weighted by molar-refractivity contribution is 0.257. The van der Waals surface area contributed by atoms with E-state index >= 15 is 0 Å². The van der Waals surface area contributed by atoms with E-state index in [-0.39, 0.29) is 0 Å². The Kier molecular flexibility index (Phi) is 4.29. The molecule has 1 N–H and O–H groups in total. The average Bonchev–Trinajstić information content (AvgIpc) is 2.97. The van der Waals surface area contributed by atoms with Gasteiger partial charge in [0, 0.05) is 12.1 Å². The Morgan fingerprint density at radius 3 is 3.05 bits per heavy atom. The number of rotatable bonds is 4. The summed E-state index contributed by atoms with van der Waals surface area (Å²) >= 11 is 0. The van der Waals surface area contributed by atoms with Crippen molar-refractivity contribution in [1.29, 1.82) is 0 Å². The SMILES string of the molecule is Cc1cccc(-c2noc(CC(C)C3CCCNC3)n2)n1. The lowest BCUT2D eigenvalue weighted by Crippen LogP contribution is -2.33. The molecule has 0 amide bonds. The third-order valence-electron chi connectivity index (χ3n) is 4.22. The molecule has 3 rings (SSSR count). The molecule has 3 heterocycles. The molecule has 1 saturated heterocycles. The molecule has 2 atom stereocenters. The Balaban J connectivity index is 1.67. The number of pyridine rings is 1. The minimum Gasteiger partial charge on any atom is -0.339 e. The van der Waals surface area contributed by atoms with E-state index in [2.05, 4.69) is 27.4 Å². The van der Waals surface area contributed by atoms with Gasteiger partial charge in [0.05, 0.1) is 0 Å². The fourth-order valence-electron chi connectivity index (χ4n) is 2.92. The molecule has 5 heteroatoms. The predicted octanol–water partition coefficient (Wildman–Crippen LogP) is 2.62. The highest BCUT2D eigenvalue weighted by molar-refractivity contribution is 5.47. The Labute approximate surface area is 125 Å². The van der Waals surface area contributed by atoms with E-state index < -0.39 is 0 Å². The summed E-state index contributed by atoms with van der Waals surface area (Å²) in [4.78, 5) is 8.93. The number of nitrogens with one attached hydrogen (secondary N) is 1. The van der Waals surface area contributed by atoms with Crippen molar-refractivity contribution in [1.82, 2.24) is 20.4 Å². The predicted molar refractivity (Wildman–Crippen MR) is 80.7 cm³/mol. The maximum Gasteiger partial charge on any atom is 0.227 e. The fraction of sp³-hybridized carbons (Fsp3) is 0.562. The molecule has 2 aromatic rings. The minimum absolute atomic E-state index is 0.552. The average molecular weight is 286 g/mol. The van der Waals surface area contributed by atoms with Crippen LogP contribution in [0, 0.1) is 18.8 Å². The fourth-order valence-corrected chi connectivity index (χ4v) is 2.92. The zero-order valence-corrected chi connectivity index (χ0v) is 12.7. The zero-order valence-electron chi connectivity index (χ0n) is 12.7. The molecule has 0 saturated carbocycles. The largest absolute Gasteiger partial charge is 0.339 e. The molecule has 2 unspecified atom stereocenters. The van der Waals surface area contributed by atoms with E-state index in [1.54, 1.807) is 0 Å². The Hall–Kier alpha value is -1.75. The summed E-state index contributed by atoms with van der Waals surface area (Å²) < 4.78 is 5.40. The first-order valence-electron chi connectivity index (χ1n) is 7.69. The van der Waals surface area contributed by atoms with E-state index in [1.165, 1.54) is 12.8 Å². The van der Waals surface area contributed by atoms with Crippen LogP contribution in [0.4, 0.5) is 0 Å². The van der Waals surface area contributed by atoms with E-state index in [9.17, 15) is 0 Å². The van der Waals surface area contributed by atoms with Gasteiger partial charge in [-0.05, 0) is 56.8 Å². The number of aromatic nitrogens is 3. The molecule has 2 aromatic heterocycles. The van der Waals surface area contributed by atoms with Gasteiger partial charge < -0.3 is 9.84 Å². The van der Waals surface area contributed by atoms with Gasteiger partial charge in [0.15, 0.2) is 0 Å². The molecule has 21 heavy (non-hydrogen) atoms. The Morgan fingerprint density at radius 1 is 1.38 bits per heavy atom. The summed E-state index contributed by atoms with van der Waals surface area (Å²) in [6, 6.07) is 5.84. The summed E-state index contributed by atoms with van der Waals surface area (Å²) in [5.41, 5.74) is 1.73. The van der Waals surface area contributed by atoms with Crippen LogP contribution in [0.2, 0.25) is 0 Å². The minimum atomic E-state index is 0.552. The zero-order chi connectivity index (χ0) is 14.7. The molecule has 0 aromatic carbocycles. The third-order valence-corrected chi connectivity index (χ3v) is 4.22. The van der Waals surface area contributed by atoms with Gasteiger partial charge in [-0.3, -0.25) is 0 Å². The summed E-state index contributed by atoms with van der Waals surface area (Å²) in [6.07, 6.45) is 3.39. The van der Waals surface area contributed by atoms with Gasteiger partial charge in [0.2, 0.25) is 11.7 Å². The maximum atomic E-state index is 5.40. The lowest BCUT2D eigenvalue weighted by atomic mass is 9.85. The van der Waals surface area contributed by atoms with Gasteiger partial charge in [0.1, 0.15) is 5.69 Å². The van der Waals surface area contributed by atoms with Crippen molar-refractivity contribution < 1.29 is 4.52 Å². The van der Waals surface area contributed by atoms with Crippen molar-refractivity contribution in [3.05, 3.63) is 29.8 Å².